The number of hydrogen-bond acceptors (Lipinski definition) is 5. The summed E-state index contributed by atoms with van der Waals surface area (Å²) in [5, 5.41) is 0. The molecule has 80 valence electrons. The van der Waals surface area contributed by atoms with Crippen LogP contribution in [0.3, 0.4) is 0 Å². The maximum atomic E-state index is 5.87. The molecule has 3 heterocycles. The lowest BCUT2D eigenvalue weighted by atomic mass is 10.3. The third-order valence-electron chi connectivity index (χ3n) is 2.95. The molecule has 0 amide bonds. The van der Waals surface area contributed by atoms with Crippen LogP contribution in [0.1, 0.15) is 17.7 Å². The van der Waals surface area contributed by atoms with Crippen LogP contribution in [0.25, 0.3) is 0 Å². The second kappa shape index (κ2) is 3.64. The van der Waals surface area contributed by atoms with Crippen LogP contribution in [0.5, 0.6) is 0 Å². The van der Waals surface area contributed by atoms with Crippen LogP contribution >= 0.6 is 11.8 Å². The molecule has 0 spiro atoms. The summed E-state index contributed by atoms with van der Waals surface area (Å²) in [6.45, 7) is 1.89. The number of nitrogens with two attached hydrogens (primary N) is 1. The van der Waals surface area contributed by atoms with E-state index in [2.05, 4.69) is 14.9 Å². The first kappa shape index (κ1) is 9.42. The topological polar surface area (TPSA) is 55.0 Å². The Kier molecular flexibility index (Phi) is 2.29. The Bertz CT molecular complexity index is 382. The molecule has 1 fully saturated rings. The first-order valence-electron chi connectivity index (χ1n) is 5.26. The molecule has 1 atom stereocenters. The predicted octanol–water partition coefficient (Wildman–Crippen LogP) is 0.761. The fourth-order valence-corrected chi connectivity index (χ4v) is 3.06. The summed E-state index contributed by atoms with van der Waals surface area (Å²) in [6, 6.07) is 0.288. The van der Waals surface area contributed by atoms with Crippen molar-refractivity contribution in [1.29, 1.82) is 0 Å². The summed E-state index contributed by atoms with van der Waals surface area (Å²) in [5.41, 5.74) is 8.39. The van der Waals surface area contributed by atoms with E-state index in [4.69, 9.17) is 5.73 Å². The van der Waals surface area contributed by atoms with Gasteiger partial charge in [0.15, 0.2) is 0 Å². The first-order chi connectivity index (χ1) is 7.33. The van der Waals surface area contributed by atoms with Crippen LogP contribution in [0, 0.1) is 0 Å². The number of rotatable bonds is 1. The largest absolute Gasteiger partial charge is 0.339 e. The van der Waals surface area contributed by atoms with Gasteiger partial charge in [0.25, 0.3) is 0 Å². The maximum Gasteiger partial charge on any atom is 0.225 e. The Hall–Kier alpha value is -0.810. The van der Waals surface area contributed by atoms with Crippen molar-refractivity contribution >= 4 is 17.7 Å². The molecule has 1 saturated heterocycles. The van der Waals surface area contributed by atoms with Crippen LogP contribution in [0.2, 0.25) is 0 Å². The summed E-state index contributed by atoms with van der Waals surface area (Å²) in [4.78, 5) is 11.2. The third kappa shape index (κ3) is 1.70. The van der Waals surface area contributed by atoms with Gasteiger partial charge in [-0.1, -0.05) is 0 Å². The zero-order valence-corrected chi connectivity index (χ0v) is 9.33. The summed E-state index contributed by atoms with van der Waals surface area (Å²) in [5.74, 6) is 2.96. The fraction of sp³-hybridized carbons (Fsp3) is 0.600. The van der Waals surface area contributed by atoms with Crippen molar-refractivity contribution in [2.45, 2.75) is 24.0 Å². The fourth-order valence-electron chi connectivity index (χ4n) is 2.06. The Morgan fingerprint density at radius 2 is 2.40 bits per heavy atom. The quantitative estimate of drug-likeness (QED) is 0.760. The third-order valence-corrected chi connectivity index (χ3v) is 3.94. The monoisotopic (exact) mass is 222 g/mol. The second-order valence-electron chi connectivity index (χ2n) is 4.13. The first-order valence-corrected chi connectivity index (χ1v) is 6.41. The highest BCUT2D eigenvalue weighted by molar-refractivity contribution is 7.98. The van der Waals surface area contributed by atoms with Crippen molar-refractivity contribution in [2.75, 3.05) is 18.0 Å². The Morgan fingerprint density at radius 1 is 1.47 bits per heavy atom. The molecule has 1 unspecified atom stereocenters. The van der Waals surface area contributed by atoms with Crippen molar-refractivity contribution in [1.82, 2.24) is 9.97 Å². The highest BCUT2D eigenvalue weighted by Crippen LogP contribution is 2.29. The molecule has 0 radical (unpaired) electrons. The van der Waals surface area contributed by atoms with Gasteiger partial charge < -0.3 is 10.6 Å². The van der Waals surface area contributed by atoms with Crippen LogP contribution in [0.15, 0.2) is 6.20 Å². The molecule has 15 heavy (non-hydrogen) atoms. The molecular formula is C10H14N4S. The molecule has 1 aromatic rings. The smallest absolute Gasteiger partial charge is 0.225 e. The molecule has 0 bridgehead atoms. The van der Waals surface area contributed by atoms with Gasteiger partial charge in [-0.2, -0.15) is 11.8 Å². The summed E-state index contributed by atoms with van der Waals surface area (Å²) < 4.78 is 0. The average molecular weight is 222 g/mol. The van der Waals surface area contributed by atoms with E-state index in [0.717, 1.165) is 37.0 Å². The molecule has 0 aromatic carbocycles. The highest BCUT2D eigenvalue weighted by Gasteiger charge is 2.23. The molecule has 3 rings (SSSR count). The molecular weight excluding hydrogens is 208 g/mol. The highest BCUT2D eigenvalue weighted by atomic mass is 32.2. The van der Waals surface area contributed by atoms with Gasteiger partial charge in [0.2, 0.25) is 5.95 Å². The van der Waals surface area contributed by atoms with Gasteiger partial charge in [-0.05, 0) is 6.42 Å². The number of fused-ring (bicyclic) bond motifs is 1. The zero-order chi connectivity index (χ0) is 10.3. The minimum absolute atomic E-state index is 0.288. The molecule has 4 nitrogen and oxygen atoms in total. The van der Waals surface area contributed by atoms with E-state index >= 15 is 0 Å². The van der Waals surface area contributed by atoms with Crippen molar-refractivity contribution in [3.8, 4) is 0 Å². The molecule has 2 aliphatic heterocycles. The second-order valence-corrected chi connectivity index (χ2v) is 5.12. The predicted molar refractivity (Wildman–Crippen MR) is 61.8 cm³/mol. The summed E-state index contributed by atoms with van der Waals surface area (Å²) in [6.07, 6.45) is 3.02. The van der Waals surface area contributed by atoms with Crippen LogP contribution < -0.4 is 10.6 Å². The van der Waals surface area contributed by atoms with E-state index in [0.29, 0.717) is 0 Å². The number of thioether (sulfide) groups is 1. The molecule has 0 aliphatic carbocycles. The van der Waals surface area contributed by atoms with Gasteiger partial charge in [0, 0.05) is 42.4 Å². The molecule has 2 aliphatic rings. The Balaban J connectivity index is 1.87. The van der Waals surface area contributed by atoms with Crippen molar-refractivity contribution in [3.63, 3.8) is 0 Å². The van der Waals surface area contributed by atoms with E-state index in [1.807, 2.05) is 18.0 Å². The number of nitrogens with zero attached hydrogens (tertiary/aromatic N) is 3. The number of hydrogen-bond donors (Lipinski definition) is 1. The Morgan fingerprint density at radius 3 is 3.20 bits per heavy atom. The maximum absolute atomic E-state index is 5.87. The SMILES string of the molecule is NC1CCN(c2ncc3c(n2)CSC3)C1. The van der Waals surface area contributed by atoms with Gasteiger partial charge in [-0.3, -0.25) is 0 Å². The lowest BCUT2D eigenvalue weighted by Gasteiger charge is -2.15. The average Bonchev–Trinajstić information content (AvgIpc) is 2.84. The van der Waals surface area contributed by atoms with Gasteiger partial charge in [-0.15, -0.1) is 0 Å². The summed E-state index contributed by atoms with van der Waals surface area (Å²) >= 11 is 1.91. The van der Waals surface area contributed by atoms with E-state index in [1.54, 1.807) is 0 Å². The Labute approximate surface area is 93.3 Å². The lowest BCUT2D eigenvalue weighted by molar-refractivity contribution is 0.750. The normalized spacial score (nSPS) is 24.6. The van der Waals surface area contributed by atoms with Crippen LogP contribution in [0.4, 0.5) is 5.95 Å². The van der Waals surface area contributed by atoms with E-state index in [1.165, 1.54) is 11.3 Å². The zero-order valence-electron chi connectivity index (χ0n) is 8.52. The minimum Gasteiger partial charge on any atom is -0.339 e. The summed E-state index contributed by atoms with van der Waals surface area (Å²) in [7, 11) is 0. The standard InChI is InChI=1S/C10H14N4S/c11-8-1-2-14(4-8)10-12-3-7-5-15-6-9(7)13-10/h3,8H,1-2,4-6,11H2. The van der Waals surface area contributed by atoms with E-state index in [-0.39, 0.29) is 6.04 Å². The lowest BCUT2D eigenvalue weighted by Crippen LogP contribution is -2.27. The van der Waals surface area contributed by atoms with Gasteiger partial charge in [0.1, 0.15) is 0 Å². The van der Waals surface area contributed by atoms with Gasteiger partial charge >= 0.3 is 0 Å². The van der Waals surface area contributed by atoms with Crippen molar-refractivity contribution in [3.05, 3.63) is 17.5 Å². The van der Waals surface area contributed by atoms with Crippen LogP contribution in [-0.2, 0) is 11.5 Å². The molecule has 0 saturated carbocycles. The van der Waals surface area contributed by atoms with Gasteiger partial charge in [0.05, 0.1) is 5.69 Å². The molecule has 2 N–H and O–H groups in total. The number of aromatic nitrogens is 2. The van der Waals surface area contributed by atoms with Crippen LogP contribution in [-0.4, -0.2) is 29.1 Å². The van der Waals surface area contributed by atoms with E-state index < -0.39 is 0 Å². The minimum atomic E-state index is 0.288. The van der Waals surface area contributed by atoms with Crippen molar-refractivity contribution < 1.29 is 0 Å². The van der Waals surface area contributed by atoms with Crippen molar-refractivity contribution in [2.24, 2.45) is 5.73 Å². The molecule has 1 aromatic heterocycles. The molecule has 5 heteroatoms. The number of anilines is 1. The van der Waals surface area contributed by atoms with Gasteiger partial charge in [-0.25, -0.2) is 9.97 Å². The van der Waals surface area contributed by atoms with E-state index in [9.17, 15) is 0 Å².